The topological polar surface area (TPSA) is 83.6 Å². The van der Waals surface area contributed by atoms with Crippen molar-refractivity contribution in [1.29, 1.82) is 0 Å². The zero-order chi connectivity index (χ0) is 20.5. The number of aryl methyl sites for hydroxylation is 2. The predicted molar refractivity (Wildman–Crippen MR) is 107 cm³/mol. The van der Waals surface area contributed by atoms with Gasteiger partial charge < -0.3 is 0 Å². The molecule has 1 N–H and O–H groups in total. The van der Waals surface area contributed by atoms with Gasteiger partial charge in [-0.1, -0.05) is 12.1 Å². The van der Waals surface area contributed by atoms with Crippen molar-refractivity contribution in [2.75, 3.05) is 16.6 Å². The molecule has 0 amide bonds. The van der Waals surface area contributed by atoms with Crippen molar-refractivity contribution in [2.45, 2.75) is 38.1 Å². The van der Waals surface area contributed by atoms with E-state index in [1.54, 1.807) is 26.0 Å². The number of nitrogens with zero attached hydrogens (tertiary/aromatic N) is 1. The lowest BCUT2D eigenvalue weighted by Crippen LogP contribution is -2.38. The summed E-state index contributed by atoms with van der Waals surface area (Å²) in [6.45, 7) is 3.74. The summed E-state index contributed by atoms with van der Waals surface area (Å²) in [6.07, 6.45) is 1.41. The Hall–Kier alpha value is -1.97. The largest absolute Gasteiger partial charge is 0.270 e. The molecule has 2 aromatic carbocycles. The second kappa shape index (κ2) is 7.81. The van der Waals surface area contributed by atoms with Gasteiger partial charge in [0.2, 0.25) is 20.0 Å². The molecule has 0 atom stereocenters. The molecule has 1 saturated heterocycles. The fourth-order valence-electron chi connectivity index (χ4n) is 3.43. The summed E-state index contributed by atoms with van der Waals surface area (Å²) < 4.78 is 67.2. The van der Waals surface area contributed by atoms with E-state index in [1.165, 1.54) is 28.6 Å². The quantitative estimate of drug-likeness (QED) is 0.797. The summed E-state index contributed by atoms with van der Waals surface area (Å²) in [7, 11) is -7.19. The minimum absolute atomic E-state index is 0.0315. The van der Waals surface area contributed by atoms with Gasteiger partial charge in [0.05, 0.1) is 16.3 Å². The Morgan fingerprint density at radius 2 is 1.68 bits per heavy atom. The molecule has 1 aliphatic heterocycles. The predicted octanol–water partition coefficient (Wildman–Crippen LogP) is 2.85. The van der Waals surface area contributed by atoms with Crippen molar-refractivity contribution in [2.24, 2.45) is 0 Å². The van der Waals surface area contributed by atoms with E-state index in [1.807, 2.05) is 0 Å². The van der Waals surface area contributed by atoms with Crippen LogP contribution < -0.4 is 9.03 Å². The average molecular weight is 427 g/mol. The molecule has 0 bridgehead atoms. The standard InChI is InChI=1S/C19H23FN2O4S2/c1-14-11-18(22-9-3-4-10-27(22,23)24)12-15(2)19(14)28(25,26)21-13-16-5-7-17(20)8-6-16/h5-8,11-12,21H,3-4,9-10,13H2,1-2H3. The fourth-order valence-corrected chi connectivity index (χ4v) is 6.52. The molecule has 3 rings (SSSR count). The molecule has 6 nitrogen and oxygen atoms in total. The van der Waals surface area contributed by atoms with Crippen LogP contribution in [0.1, 0.15) is 29.5 Å². The Bertz CT molecular complexity index is 1060. The number of halogens is 1. The second-order valence-electron chi connectivity index (χ2n) is 6.95. The Morgan fingerprint density at radius 3 is 2.25 bits per heavy atom. The van der Waals surface area contributed by atoms with Crippen LogP contribution in [0.3, 0.4) is 0 Å². The van der Waals surface area contributed by atoms with Gasteiger partial charge in [0.15, 0.2) is 0 Å². The maximum Gasteiger partial charge on any atom is 0.241 e. The Balaban J connectivity index is 1.88. The first-order valence-electron chi connectivity index (χ1n) is 8.96. The minimum Gasteiger partial charge on any atom is -0.270 e. The molecule has 0 saturated carbocycles. The normalized spacial score (nSPS) is 16.9. The first kappa shape index (κ1) is 20.8. The summed E-state index contributed by atoms with van der Waals surface area (Å²) >= 11 is 0. The van der Waals surface area contributed by atoms with E-state index < -0.39 is 20.0 Å². The van der Waals surface area contributed by atoms with Gasteiger partial charge in [-0.05, 0) is 67.6 Å². The van der Waals surface area contributed by atoms with Crippen molar-refractivity contribution < 1.29 is 21.2 Å². The maximum atomic E-state index is 13.0. The lowest BCUT2D eigenvalue weighted by atomic mass is 10.1. The Labute approximate surface area is 165 Å². The van der Waals surface area contributed by atoms with Crippen LogP contribution in [-0.2, 0) is 26.6 Å². The highest BCUT2D eigenvalue weighted by atomic mass is 32.2. The fraction of sp³-hybridized carbons (Fsp3) is 0.368. The van der Waals surface area contributed by atoms with Crippen molar-refractivity contribution in [3.8, 4) is 0 Å². The van der Waals surface area contributed by atoms with E-state index in [4.69, 9.17) is 0 Å². The molecule has 0 spiro atoms. The molecule has 0 radical (unpaired) electrons. The van der Waals surface area contributed by atoms with E-state index in [9.17, 15) is 21.2 Å². The summed E-state index contributed by atoms with van der Waals surface area (Å²) in [4.78, 5) is 0.132. The van der Waals surface area contributed by atoms with Crippen molar-refractivity contribution >= 4 is 25.7 Å². The molecular formula is C19H23FN2O4S2. The van der Waals surface area contributed by atoms with Crippen molar-refractivity contribution in [1.82, 2.24) is 4.72 Å². The van der Waals surface area contributed by atoms with Crippen LogP contribution in [0.25, 0.3) is 0 Å². The molecule has 0 unspecified atom stereocenters. The van der Waals surface area contributed by atoms with Gasteiger partial charge in [0.1, 0.15) is 5.82 Å². The molecule has 152 valence electrons. The lowest BCUT2D eigenvalue weighted by molar-refractivity contribution is 0.574. The highest BCUT2D eigenvalue weighted by molar-refractivity contribution is 7.92. The molecule has 2 aromatic rings. The SMILES string of the molecule is Cc1cc(N2CCCCS2(=O)=O)cc(C)c1S(=O)(=O)NCc1ccc(F)cc1. The number of rotatable bonds is 5. The molecule has 28 heavy (non-hydrogen) atoms. The Kier molecular flexibility index (Phi) is 5.79. The number of benzene rings is 2. The van der Waals surface area contributed by atoms with Gasteiger partial charge in [-0.15, -0.1) is 0 Å². The summed E-state index contributed by atoms with van der Waals surface area (Å²) in [5.41, 5.74) is 2.08. The van der Waals surface area contributed by atoms with Crippen molar-refractivity contribution in [3.63, 3.8) is 0 Å². The third-order valence-corrected chi connectivity index (χ3v) is 8.31. The van der Waals surface area contributed by atoms with E-state index in [-0.39, 0.29) is 23.0 Å². The van der Waals surface area contributed by atoms with Crippen LogP contribution in [0.15, 0.2) is 41.3 Å². The number of hydrogen-bond donors (Lipinski definition) is 1. The van der Waals surface area contributed by atoms with Gasteiger partial charge in [0, 0.05) is 13.1 Å². The van der Waals surface area contributed by atoms with Crippen LogP contribution >= 0.6 is 0 Å². The van der Waals surface area contributed by atoms with Gasteiger partial charge >= 0.3 is 0 Å². The van der Waals surface area contributed by atoms with Crippen LogP contribution in [0.5, 0.6) is 0 Å². The molecule has 1 heterocycles. The van der Waals surface area contributed by atoms with E-state index in [0.29, 0.717) is 35.3 Å². The number of anilines is 1. The van der Waals surface area contributed by atoms with E-state index in [2.05, 4.69) is 4.72 Å². The number of nitrogens with one attached hydrogen (secondary N) is 1. The molecule has 0 aromatic heterocycles. The third-order valence-electron chi connectivity index (χ3n) is 4.73. The van der Waals surface area contributed by atoms with E-state index >= 15 is 0 Å². The summed E-state index contributed by atoms with van der Waals surface area (Å²) in [5.74, 6) is -0.286. The minimum atomic E-state index is -3.82. The molecule has 9 heteroatoms. The van der Waals surface area contributed by atoms with Crippen LogP contribution in [0, 0.1) is 19.7 Å². The molecular weight excluding hydrogens is 403 g/mol. The van der Waals surface area contributed by atoms with Crippen molar-refractivity contribution in [3.05, 3.63) is 58.9 Å². The molecule has 0 aliphatic carbocycles. The second-order valence-corrected chi connectivity index (χ2v) is 10.7. The number of hydrogen-bond acceptors (Lipinski definition) is 4. The monoisotopic (exact) mass is 426 g/mol. The average Bonchev–Trinajstić information content (AvgIpc) is 2.60. The van der Waals surface area contributed by atoms with E-state index in [0.717, 1.165) is 6.42 Å². The van der Waals surface area contributed by atoms with Gasteiger partial charge in [-0.3, -0.25) is 4.31 Å². The van der Waals surface area contributed by atoms with Crippen LogP contribution in [-0.4, -0.2) is 29.1 Å². The Morgan fingerprint density at radius 1 is 1.07 bits per heavy atom. The summed E-state index contributed by atoms with van der Waals surface area (Å²) in [5, 5.41) is 0. The first-order chi connectivity index (χ1) is 13.1. The van der Waals surface area contributed by atoms with Gasteiger partial charge in [0.25, 0.3) is 0 Å². The zero-order valence-corrected chi connectivity index (χ0v) is 17.4. The highest BCUT2D eigenvalue weighted by Gasteiger charge is 2.28. The number of sulfonamides is 2. The molecule has 1 aliphatic rings. The van der Waals surface area contributed by atoms with Crippen LogP contribution in [0.4, 0.5) is 10.1 Å². The molecule has 1 fully saturated rings. The highest BCUT2D eigenvalue weighted by Crippen LogP contribution is 2.30. The van der Waals surface area contributed by atoms with Crippen LogP contribution in [0.2, 0.25) is 0 Å². The summed E-state index contributed by atoms with van der Waals surface area (Å²) in [6, 6.07) is 8.77. The lowest BCUT2D eigenvalue weighted by Gasteiger charge is -2.29. The first-order valence-corrected chi connectivity index (χ1v) is 12.1. The van der Waals surface area contributed by atoms with Gasteiger partial charge in [-0.2, -0.15) is 0 Å². The zero-order valence-electron chi connectivity index (χ0n) is 15.8. The smallest absolute Gasteiger partial charge is 0.241 e. The maximum absolute atomic E-state index is 13.0. The third kappa shape index (κ3) is 4.37. The van der Waals surface area contributed by atoms with Gasteiger partial charge in [-0.25, -0.2) is 25.9 Å².